The van der Waals surface area contributed by atoms with Crippen LogP contribution in [0.4, 0.5) is 0 Å². The van der Waals surface area contributed by atoms with Gasteiger partial charge in [0.15, 0.2) is 0 Å². The SMILES string of the molecule is CCCCCCCCCCCCCCCc1[c]c2ccccc2cc1. The fourth-order valence-electron chi connectivity index (χ4n) is 3.64. The Bertz CT molecular complexity index is 569. The van der Waals surface area contributed by atoms with Crippen molar-refractivity contribution in [3.63, 3.8) is 0 Å². The maximum atomic E-state index is 3.57. The summed E-state index contributed by atoms with van der Waals surface area (Å²) in [7, 11) is 0. The molecule has 0 unspecified atom stereocenters. The smallest absolute Gasteiger partial charge is 0.00643 e. The summed E-state index contributed by atoms with van der Waals surface area (Å²) >= 11 is 0. The summed E-state index contributed by atoms with van der Waals surface area (Å²) in [6, 6.07) is 16.6. The van der Waals surface area contributed by atoms with E-state index in [9.17, 15) is 0 Å². The molecule has 0 spiro atoms. The van der Waals surface area contributed by atoms with Gasteiger partial charge in [0.2, 0.25) is 0 Å². The lowest BCUT2D eigenvalue weighted by Gasteiger charge is -2.04. The van der Waals surface area contributed by atoms with Gasteiger partial charge in [-0.2, -0.15) is 0 Å². The normalized spacial score (nSPS) is 11.2. The third kappa shape index (κ3) is 8.56. The van der Waals surface area contributed by atoms with Crippen molar-refractivity contribution in [2.45, 2.75) is 96.8 Å². The molecular formula is C25H37. The first-order valence-corrected chi connectivity index (χ1v) is 10.8. The van der Waals surface area contributed by atoms with Crippen molar-refractivity contribution >= 4 is 10.8 Å². The first-order chi connectivity index (χ1) is 12.4. The highest BCUT2D eigenvalue weighted by atomic mass is 14.0. The topological polar surface area (TPSA) is 0 Å². The van der Waals surface area contributed by atoms with Gasteiger partial charge < -0.3 is 0 Å². The van der Waals surface area contributed by atoms with E-state index in [0.717, 1.165) is 0 Å². The molecule has 0 saturated carbocycles. The summed E-state index contributed by atoms with van der Waals surface area (Å²) < 4.78 is 0. The summed E-state index contributed by atoms with van der Waals surface area (Å²) in [5.41, 5.74) is 1.38. The van der Waals surface area contributed by atoms with E-state index >= 15 is 0 Å². The molecule has 0 fully saturated rings. The van der Waals surface area contributed by atoms with Crippen LogP contribution in [0.15, 0.2) is 36.4 Å². The van der Waals surface area contributed by atoms with E-state index in [0.29, 0.717) is 0 Å². The van der Waals surface area contributed by atoms with Crippen molar-refractivity contribution in [2.75, 3.05) is 0 Å². The van der Waals surface area contributed by atoms with Crippen LogP contribution in [0.1, 0.15) is 96.0 Å². The highest BCUT2D eigenvalue weighted by Gasteiger charge is 1.98. The number of unbranched alkanes of at least 4 members (excludes halogenated alkanes) is 12. The van der Waals surface area contributed by atoms with Gasteiger partial charge in [0.25, 0.3) is 0 Å². The molecule has 0 bridgehead atoms. The van der Waals surface area contributed by atoms with Crippen molar-refractivity contribution < 1.29 is 0 Å². The zero-order valence-electron chi connectivity index (χ0n) is 16.4. The van der Waals surface area contributed by atoms with Crippen molar-refractivity contribution in [2.24, 2.45) is 0 Å². The fourth-order valence-corrected chi connectivity index (χ4v) is 3.64. The Morgan fingerprint density at radius 3 is 1.80 bits per heavy atom. The van der Waals surface area contributed by atoms with Crippen LogP contribution in [0.3, 0.4) is 0 Å². The average molecular weight is 338 g/mol. The Kier molecular flexibility index (Phi) is 10.4. The van der Waals surface area contributed by atoms with Crippen LogP contribution in [0.5, 0.6) is 0 Å². The van der Waals surface area contributed by atoms with Crippen LogP contribution in [-0.4, -0.2) is 0 Å². The van der Waals surface area contributed by atoms with Gasteiger partial charge >= 0.3 is 0 Å². The molecular weight excluding hydrogens is 300 g/mol. The Morgan fingerprint density at radius 1 is 0.600 bits per heavy atom. The highest BCUT2D eigenvalue weighted by molar-refractivity contribution is 5.82. The molecule has 0 aliphatic carbocycles. The molecule has 25 heavy (non-hydrogen) atoms. The van der Waals surface area contributed by atoms with Gasteiger partial charge in [-0.1, -0.05) is 120 Å². The van der Waals surface area contributed by atoms with Crippen molar-refractivity contribution in [3.05, 3.63) is 48.0 Å². The lowest BCUT2D eigenvalue weighted by molar-refractivity contribution is 0.539. The van der Waals surface area contributed by atoms with E-state index in [1.165, 1.54) is 106 Å². The number of aryl methyl sites for hydroxylation is 1. The standard InChI is InChI=1S/C25H37/c1-2-3-4-5-6-7-8-9-10-11-12-13-14-17-23-20-21-24-18-15-16-19-25(24)22-23/h15-16,18-21H,2-14,17H2,1H3. The van der Waals surface area contributed by atoms with Gasteiger partial charge in [-0.15, -0.1) is 0 Å². The Morgan fingerprint density at radius 2 is 1.16 bits per heavy atom. The van der Waals surface area contributed by atoms with E-state index in [1.807, 2.05) is 0 Å². The van der Waals surface area contributed by atoms with Gasteiger partial charge in [-0.05, 0) is 35.2 Å². The third-order valence-electron chi connectivity index (χ3n) is 5.27. The van der Waals surface area contributed by atoms with E-state index in [4.69, 9.17) is 0 Å². The minimum Gasteiger partial charge on any atom is -0.0654 e. The van der Waals surface area contributed by atoms with Crippen molar-refractivity contribution in [1.82, 2.24) is 0 Å². The second-order valence-electron chi connectivity index (χ2n) is 7.56. The Labute approximate surface area is 156 Å². The molecule has 0 nitrogen and oxygen atoms in total. The third-order valence-corrected chi connectivity index (χ3v) is 5.27. The molecule has 0 aliphatic rings. The molecule has 2 aromatic carbocycles. The molecule has 0 aromatic heterocycles. The first-order valence-electron chi connectivity index (χ1n) is 10.8. The van der Waals surface area contributed by atoms with E-state index < -0.39 is 0 Å². The minimum atomic E-state index is 1.18. The quantitative estimate of drug-likeness (QED) is 0.304. The molecule has 137 valence electrons. The van der Waals surface area contributed by atoms with Crippen molar-refractivity contribution in [1.29, 1.82) is 0 Å². The van der Waals surface area contributed by atoms with Crippen LogP contribution in [0.2, 0.25) is 0 Å². The van der Waals surface area contributed by atoms with Gasteiger partial charge in [0, 0.05) is 0 Å². The van der Waals surface area contributed by atoms with Gasteiger partial charge in [-0.3, -0.25) is 0 Å². The second kappa shape index (κ2) is 13.0. The number of fused-ring (bicyclic) bond motifs is 1. The Balaban J connectivity index is 1.43. The van der Waals surface area contributed by atoms with Gasteiger partial charge in [-0.25, -0.2) is 0 Å². The summed E-state index contributed by atoms with van der Waals surface area (Å²) in [6.45, 7) is 2.29. The summed E-state index contributed by atoms with van der Waals surface area (Å²) in [5, 5.41) is 2.56. The van der Waals surface area contributed by atoms with Crippen LogP contribution in [-0.2, 0) is 6.42 Å². The summed E-state index contributed by atoms with van der Waals surface area (Å²) in [6.07, 6.45) is 19.7. The fraction of sp³-hybridized carbons (Fsp3) is 0.600. The van der Waals surface area contributed by atoms with Crippen LogP contribution in [0.25, 0.3) is 10.8 Å². The molecule has 0 saturated heterocycles. The zero-order valence-corrected chi connectivity index (χ0v) is 16.4. The lowest BCUT2D eigenvalue weighted by atomic mass is 10.0. The molecule has 2 rings (SSSR count). The largest absolute Gasteiger partial charge is 0.0654 e. The maximum Gasteiger partial charge on any atom is -0.00643 e. The summed E-state index contributed by atoms with van der Waals surface area (Å²) in [4.78, 5) is 0. The van der Waals surface area contributed by atoms with E-state index in [-0.39, 0.29) is 0 Å². The predicted molar refractivity (Wildman–Crippen MR) is 112 cm³/mol. The number of benzene rings is 2. The molecule has 0 amide bonds. The molecule has 0 atom stereocenters. The monoisotopic (exact) mass is 337 g/mol. The molecule has 0 heterocycles. The van der Waals surface area contributed by atoms with E-state index in [2.05, 4.69) is 49.4 Å². The maximum absolute atomic E-state index is 3.57. The predicted octanol–water partition coefficient (Wildman–Crippen LogP) is 8.27. The minimum absolute atomic E-state index is 1.18. The van der Waals surface area contributed by atoms with Crippen LogP contribution >= 0.6 is 0 Å². The highest BCUT2D eigenvalue weighted by Crippen LogP contribution is 2.17. The number of hydrogen-bond donors (Lipinski definition) is 0. The molecule has 1 radical (unpaired) electrons. The van der Waals surface area contributed by atoms with Crippen molar-refractivity contribution in [3.8, 4) is 0 Å². The Hall–Kier alpha value is -1.30. The number of rotatable bonds is 14. The first kappa shape index (κ1) is 20.0. The molecule has 0 N–H and O–H groups in total. The number of hydrogen-bond acceptors (Lipinski definition) is 0. The van der Waals surface area contributed by atoms with Crippen LogP contribution in [0, 0.1) is 6.07 Å². The molecule has 2 aromatic rings. The summed E-state index contributed by atoms with van der Waals surface area (Å²) in [5.74, 6) is 0. The molecule has 0 aliphatic heterocycles. The zero-order chi connectivity index (χ0) is 17.6. The van der Waals surface area contributed by atoms with Gasteiger partial charge in [0.1, 0.15) is 0 Å². The van der Waals surface area contributed by atoms with Crippen LogP contribution < -0.4 is 0 Å². The second-order valence-corrected chi connectivity index (χ2v) is 7.56. The van der Waals surface area contributed by atoms with E-state index in [1.54, 1.807) is 0 Å². The van der Waals surface area contributed by atoms with Gasteiger partial charge in [0.05, 0.1) is 0 Å². The average Bonchev–Trinajstić information content (AvgIpc) is 2.65. The lowest BCUT2D eigenvalue weighted by Crippen LogP contribution is -1.87. The molecule has 0 heteroatoms.